The fourth-order valence-corrected chi connectivity index (χ4v) is 1.91. The minimum absolute atomic E-state index is 0.165. The summed E-state index contributed by atoms with van der Waals surface area (Å²) in [5, 5.41) is 2.88. The minimum Gasteiger partial charge on any atom is -0.378 e. The van der Waals surface area contributed by atoms with Crippen molar-refractivity contribution in [3.05, 3.63) is 34.2 Å². The van der Waals surface area contributed by atoms with Gasteiger partial charge in [-0.05, 0) is 25.8 Å². The van der Waals surface area contributed by atoms with Crippen LogP contribution in [0.25, 0.3) is 0 Å². The van der Waals surface area contributed by atoms with Crippen LogP contribution < -0.4 is 10.9 Å². The van der Waals surface area contributed by atoms with Gasteiger partial charge in [-0.1, -0.05) is 0 Å². The number of aromatic amines is 1. The van der Waals surface area contributed by atoms with Gasteiger partial charge >= 0.3 is 0 Å². The molecule has 0 aromatic carbocycles. The van der Waals surface area contributed by atoms with Crippen LogP contribution in [0.3, 0.4) is 0 Å². The molecule has 2 rings (SSSR count). The van der Waals surface area contributed by atoms with Crippen LogP contribution in [-0.4, -0.2) is 29.6 Å². The molecule has 1 saturated carbocycles. The maximum absolute atomic E-state index is 11.8. The first-order chi connectivity index (χ1) is 8.19. The third-order valence-corrected chi connectivity index (χ3v) is 2.87. The molecule has 1 aromatic rings. The van der Waals surface area contributed by atoms with Gasteiger partial charge in [0.1, 0.15) is 0 Å². The van der Waals surface area contributed by atoms with Gasteiger partial charge in [0, 0.05) is 30.5 Å². The second-order valence-corrected chi connectivity index (χ2v) is 4.16. The van der Waals surface area contributed by atoms with Crippen molar-refractivity contribution < 1.29 is 9.53 Å². The highest BCUT2D eigenvalue weighted by molar-refractivity contribution is 5.94. The zero-order chi connectivity index (χ0) is 12.3. The van der Waals surface area contributed by atoms with Crippen LogP contribution in [0.4, 0.5) is 0 Å². The van der Waals surface area contributed by atoms with Crippen LogP contribution in [0.2, 0.25) is 0 Å². The van der Waals surface area contributed by atoms with Gasteiger partial charge in [0.25, 0.3) is 5.91 Å². The molecule has 0 unspecified atom stereocenters. The standard InChI is InChI=1S/C12H16N2O3/c1-2-17-10-6-9(7-10)14-12(16)8-3-4-13-11(15)5-8/h3-5,9-10H,2,6-7H2,1H3,(H,13,15)(H,14,16). The van der Waals surface area contributed by atoms with Crippen molar-refractivity contribution in [1.29, 1.82) is 0 Å². The Morgan fingerprint density at radius 3 is 3.00 bits per heavy atom. The van der Waals surface area contributed by atoms with Gasteiger partial charge in [-0.15, -0.1) is 0 Å². The summed E-state index contributed by atoms with van der Waals surface area (Å²) in [6.45, 7) is 2.67. The third-order valence-electron chi connectivity index (χ3n) is 2.87. The zero-order valence-corrected chi connectivity index (χ0v) is 9.73. The zero-order valence-electron chi connectivity index (χ0n) is 9.73. The lowest BCUT2D eigenvalue weighted by molar-refractivity contribution is -0.00862. The maximum atomic E-state index is 11.8. The molecule has 17 heavy (non-hydrogen) atoms. The predicted molar refractivity (Wildman–Crippen MR) is 63.0 cm³/mol. The van der Waals surface area contributed by atoms with Crippen LogP contribution >= 0.6 is 0 Å². The van der Waals surface area contributed by atoms with Crippen LogP contribution in [0.1, 0.15) is 30.1 Å². The second kappa shape index (κ2) is 5.14. The number of pyridine rings is 1. The van der Waals surface area contributed by atoms with Crippen molar-refractivity contribution in [2.45, 2.75) is 31.9 Å². The first kappa shape index (κ1) is 11.9. The first-order valence-corrected chi connectivity index (χ1v) is 5.80. The lowest BCUT2D eigenvalue weighted by Crippen LogP contribution is -2.47. The van der Waals surface area contributed by atoms with Gasteiger partial charge in [0.05, 0.1) is 6.10 Å². The van der Waals surface area contributed by atoms with Crippen molar-refractivity contribution in [2.24, 2.45) is 0 Å². The Morgan fingerprint density at radius 2 is 2.35 bits per heavy atom. The largest absolute Gasteiger partial charge is 0.378 e. The van der Waals surface area contributed by atoms with E-state index in [1.807, 2.05) is 6.92 Å². The fraction of sp³-hybridized carbons (Fsp3) is 0.500. The Labute approximate surface area is 99.2 Å². The summed E-state index contributed by atoms with van der Waals surface area (Å²) in [4.78, 5) is 25.3. The Morgan fingerprint density at radius 1 is 1.59 bits per heavy atom. The van der Waals surface area contributed by atoms with E-state index in [4.69, 9.17) is 4.74 Å². The summed E-state index contributed by atoms with van der Waals surface area (Å²) in [6, 6.07) is 3.06. The minimum atomic E-state index is -0.265. The molecule has 1 aliphatic rings. The Hall–Kier alpha value is -1.62. The van der Waals surface area contributed by atoms with E-state index >= 15 is 0 Å². The van der Waals surface area contributed by atoms with Crippen LogP contribution in [0, 0.1) is 0 Å². The van der Waals surface area contributed by atoms with Crippen LogP contribution in [0.15, 0.2) is 23.1 Å². The second-order valence-electron chi connectivity index (χ2n) is 4.16. The quantitative estimate of drug-likeness (QED) is 0.807. The highest BCUT2D eigenvalue weighted by Gasteiger charge is 2.30. The highest BCUT2D eigenvalue weighted by atomic mass is 16.5. The van der Waals surface area contributed by atoms with E-state index in [2.05, 4.69) is 10.3 Å². The van der Waals surface area contributed by atoms with Gasteiger partial charge in [0.2, 0.25) is 5.56 Å². The van der Waals surface area contributed by atoms with Gasteiger partial charge in [-0.3, -0.25) is 9.59 Å². The summed E-state index contributed by atoms with van der Waals surface area (Å²) in [7, 11) is 0. The van der Waals surface area contributed by atoms with Crippen molar-refractivity contribution >= 4 is 5.91 Å². The molecule has 5 heteroatoms. The van der Waals surface area contributed by atoms with Gasteiger partial charge in [-0.25, -0.2) is 0 Å². The van der Waals surface area contributed by atoms with E-state index in [1.165, 1.54) is 12.3 Å². The molecule has 0 saturated heterocycles. The molecule has 1 aromatic heterocycles. The molecule has 1 fully saturated rings. The summed E-state index contributed by atoms with van der Waals surface area (Å²) in [5.41, 5.74) is 0.132. The number of carbonyl (C=O) groups is 1. The molecular weight excluding hydrogens is 220 g/mol. The average molecular weight is 236 g/mol. The van der Waals surface area contributed by atoms with Gasteiger partial charge < -0.3 is 15.0 Å². The van der Waals surface area contributed by atoms with E-state index in [0.29, 0.717) is 12.2 Å². The Kier molecular flexibility index (Phi) is 3.58. The SMILES string of the molecule is CCOC1CC(NC(=O)c2cc[nH]c(=O)c2)C1. The molecule has 5 nitrogen and oxygen atoms in total. The monoisotopic (exact) mass is 236 g/mol. The van der Waals surface area contributed by atoms with E-state index in [-0.39, 0.29) is 23.6 Å². The average Bonchev–Trinajstić information content (AvgIpc) is 2.26. The smallest absolute Gasteiger partial charge is 0.251 e. The molecule has 0 bridgehead atoms. The van der Waals surface area contributed by atoms with Crippen molar-refractivity contribution in [1.82, 2.24) is 10.3 Å². The molecular formula is C12H16N2O3. The number of amides is 1. The summed E-state index contributed by atoms with van der Waals surface area (Å²) in [6.07, 6.45) is 3.44. The molecule has 1 aliphatic carbocycles. The molecule has 1 amide bonds. The van der Waals surface area contributed by atoms with Crippen LogP contribution in [-0.2, 0) is 4.74 Å². The van der Waals surface area contributed by atoms with Crippen molar-refractivity contribution in [3.63, 3.8) is 0 Å². The number of hydrogen-bond donors (Lipinski definition) is 2. The van der Waals surface area contributed by atoms with E-state index < -0.39 is 0 Å². The highest BCUT2D eigenvalue weighted by Crippen LogP contribution is 2.23. The Balaban J connectivity index is 1.85. The number of H-pyrrole nitrogens is 1. The van der Waals surface area contributed by atoms with Crippen molar-refractivity contribution in [3.8, 4) is 0 Å². The number of ether oxygens (including phenoxy) is 1. The molecule has 2 N–H and O–H groups in total. The third kappa shape index (κ3) is 2.94. The molecule has 0 atom stereocenters. The van der Waals surface area contributed by atoms with Gasteiger partial charge in [0.15, 0.2) is 0 Å². The summed E-state index contributed by atoms with van der Waals surface area (Å²) in [5.74, 6) is -0.198. The number of aromatic nitrogens is 1. The summed E-state index contributed by atoms with van der Waals surface area (Å²) < 4.78 is 5.41. The molecule has 0 spiro atoms. The normalized spacial score (nSPS) is 22.9. The molecule has 0 aliphatic heterocycles. The van der Waals surface area contributed by atoms with E-state index in [9.17, 15) is 9.59 Å². The molecule has 0 radical (unpaired) electrons. The molecule has 92 valence electrons. The maximum Gasteiger partial charge on any atom is 0.251 e. The lowest BCUT2D eigenvalue weighted by Gasteiger charge is -2.35. The fourth-order valence-electron chi connectivity index (χ4n) is 1.91. The lowest BCUT2D eigenvalue weighted by atomic mass is 9.89. The van der Waals surface area contributed by atoms with Crippen molar-refractivity contribution in [2.75, 3.05) is 6.61 Å². The Bertz CT molecular complexity index is 449. The van der Waals surface area contributed by atoms with E-state index in [0.717, 1.165) is 12.8 Å². The first-order valence-electron chi connectivity index (χ1n) is 5.80. The predicted octanol–water partition coefficient (Wildman–Crippen LogP) is 0.672. The molecule has 1 heterocycles. The summed E-state index contributed by atoms with van der Waals surface area (Å²) >= 11 is 0. The van der Waals surface area contributed by atoms with E-state index in [1.54, 1.807) is 6.07 Å². The number of hydrogen-bond acceptors (Lipinski definition) is 3. The van der Waals surface area contributed by atoms with Crippen LogP contribution in [0.5, 0.6) is 0 Å². The van der Waals surface area contributed by atoms with Gasteiger partial charge in [-0.2, -0.15) is 0 Å². The number of carbonyl (C=O) groups excluding carboxylic acids is 1. The number of rotatable bonds is 4. The number of nitrogens with one attached hydrogen (secondary N) is 2. The topological polar surface area (TPSA) is 71.2 Å².